The Labute approximate surface area is 112 Å². The second kappa shape index (κ2) is 4.61. The molecule has 0 bridgehead atoms. The fraction of sp³-hybridized carbons (Fsp3) is 0.235. The third-order valence-corrected chi connectivity index (χ3v) is 3.89. The first kappa shape index (κ1) is 12.1. The van der Waals surface area contributed by atoms with Crippen molar-refractivity contribution in [2.75, 3.05) is 0 Å². The van der Waals surface area contributed by atoms with Crippen LogP contribution in [0.1, 0.15) is 27.0 Å². The van der Waals surface area contributed by atoms with Gasteiger partial charge in [0.1, 0.15) is 5.82 Å². The van der Waals surface area contributed by atoms with E-state index in [2.05, 4.69) is 12.1 Å². The number of hydrogen-bond acceptors (Lipinski definition) is 1. The fourth-order valence-corrected chi connectivity index (χ4v) is 2.82. The van der Waals surface area contributed by atoms with Gasteiger partial charge in [0.2, 0.25) is 0 Å². The Morgan fingerprint density at radius 2 is 1.74 bits per heavy atom. The van der Waals surface area contributed by atoms with Crippen molar-refractivity contribution in [1.29, 1.82) is 0 Å². The molecule has 0 fully saturated rings. The first-order chi connectivity index (χ1) is 9.15. The molecule has 0 aliphatic heterocycles. The van der Waals surface area contributed by atoms with Crippen LogP contribution in [0.2, 0.25) is 0 Å². The molecule has 0 atom stereocenters. The van der Waals surface area contributed by atoms with Gasteiger partial charge in [0.15, 0.2) is 5.78 Å². The highest BCUT2D eigenvalue weighted by Crippen LogP contribution is 2.29. The van der Waals surface area contributed by atoms with Gasteiger partial charge in [-0.15, -0.1) is 0 Å². The summed E-state index contributed by atoms with van der Waals surface area (Å²) in [6.45, 7) is 1.86. The van der Waals surface area contributed by atoms with E-state index in [0.717, 1.165) is 18.4 Å². The van der Waals surface area contributed by atoms with Crippen molar-refractivity contribution >= 4 is 5.78 Å². The van der Waals surface area contributed by atoms with Gasteiger partial charge in [0, 0.05) is 11.5 Å². The normalized spacial score (nSPS) is 14.4. The predicted octanol–water partition coefficient (Wildman–Crippen LogP) is 3.73. The van der Waals surface area contributed by atoms with Crippen LogP contribution in [0.25, 0.3) is 0 Å². The van der Waals surface area contributed by atoms with Crippen molar-refractivity contribution in [2.45, 2.75) is 19.8 Å². The Bertz CT molecular complexity index is 620. The molecule has 19 heavy (non-hydrogen) atoms. The highest BCUT2D eigenvalue weighted by Gasteiger charge is 2.28. The number of aryl methyl sites for hydroxylation is 1. The largest absolute Gasteiger partial charge is 0.294 e. The van der Waals surface area contributed by atoms with Crippen molar-refractivity contribution in [1.82, 2.24) is 0 Å². The van der Waals surface area contributed by atoms with Gasteiger partial charge in [0.05, 0.1) is 0 Å². The summed E-state index contributed by atoms with van der Waals surface area (Å²) in [6.07, 6.45) is 1.54. The second-order valence-corrected chi connectivity index (χ2v) is 5.20. The zero-order chi connectivity index (χ0) is 13.4. The van der Waals surface area contributed by atoms with Crippen molar-refractivity contribution in [3.63, 3.8) is 0 Å². The first-order valence-electron chi connectivity index (χ1n) is 6.52. The minimum atomic E-state index is -0.343. The summed E-state index contributed by atoms with van der Waals surface area (Å²) < 4.78 is 13.3. The Morgan fingerprint density at radius 1 is 1.11 bits per heavy atom. The Kier molecular flexibility index (Phi) is 2.94. The summed E-state index contributed by atoms with van der Waals surface area (Å²) in [5.74, 6) is -0.324. The number of Topliss-reactive ketones (excluding diaryl/α,β-unsaturated/α-hetero) is 1. The van der Waals surface area contributed by atoms with Crippen LogP contribution in [0, 0.1) is 18.7 Å². The lowest BCUT2D eigenvalue weighted by Gasteiger charge is -2.10. The van der Waals surface area contributed by atoms with Crippen molar-refractivity contribution in [2.24, 2.45) is 5.92 Å². The number of rotatable bonds is 2. The Morgan fingerprint density at radius 3 is 2.37 bits per heavy atom. The third kappa shape index (κ3) is 2.19. The number of halogens is 1. The minimum absolute atomic E-state index is 0.0436. The molecule has 0 N–H and O–H groups in total. The zero-order valence-electron chi connectivity index (χ0n) is 10.8. The van der Waals surface area contributed by atoms with Crippen molar-refractivity contribution in [3.05, 3.63) is 70.5 Å². The van der Waals surface area contributed by atoms with E-state index in [1.54, 1.807) is 6.07 Å². The maximum atomic E-state index is 13.3. The predicted molar refractivity (Wildman–Crippen MR) is 72.8 cm³/mol. The van der Waals surface area contributed by atoms with E-state index in [9.17, 15) is 9.18 Å². The van der Waals surface area contributed by atoms with Gasteiger partial charge in [-0.25, -0.2) is 4.39 Å². The summed E-state index contributed by atoms with van der Waals surface area (Å²) >= 11 is 0. The molecule has 0 aromatic heterocycles. The Hall–Kier alpha value is -1.96. The van der Waals surface area contributed by atoms with E-state index >= 15 is 0 Å². The quantitative estimate of drug-likeness (QED) is 0.746. The van der Waals surface area contributed by atoms with Gasteiger partial charge in [-0.05, 0) is 48.6 Å². The standard InChI is InChI=1S/C17H15FO/c1-11-6-7-15(18)10-16(11)17(19)14-8-12-4-2-3-5-13(12)9-14/h2-7,10,14H,8-9H2,1H3. The molecule has 0 amide bonds. The van der Waals surface area contributed by atoms with Crippen molar-refractivity contribution < 1.29 is 9.18 Å². The molecule has 2 heteroatoms. The van der Waals surface area contributed by atoms with E-state index in [1.807, 2.05) is 19.1 Å². The van der Waals surface area contributed by atoms with E-state index in [1.165, 1.54) is 23.3 Å². The van der Waals surface area contributed by atoms with Gasteiger partial charge in [0.25, 0.3) is 0 Å². The topological polar surface area (TPSA) is 17.1 Å². The number of fused-ring (bicyclic) bond motifs is 1. The molecule has 0 saturated heterocycles. The maximum absolute atomic E-state index is 13.3. The van der Waals surface area contributed by atoms with Gasteiger partial charge in [-0.3, -0.25) is 4.79 Å². The molecule has 0 heterocycles. The molecule has 2 aromatic rings. The SMILES string of the molecule is Cc1ccc(F)cc1C(=O)C1Cc2ccccc2C1. The number of benzene rings is 2. The molecule has 1 aliphatic rings. The molecule has 2 aromatic carbocycles. The molecule has 3 rings (SSSR count). The van der Waals surface area contributed by atoms with Crippen LogP contribution in [0.5, 0.6) is 0 Å². The lowest BCUT2D eigenvalue weighted by Crippen LogP contribution is -2.16. The van der Waals surface area contributed by atoms with E-state index in [-0.39, 0.29) is 17.5 Å². The van der Waals surface area contributed by atoms with Crippen LogP contribution < -0.4 is 0 Å². The fourth-order valence-electron chi connectivity index (χ4n) is 2.82. The lowest BCUT2D eigenvalue weighted by atomic mass is 9.92. The van der Waals surface area contributed by atoms with Gasteiger partial charge >= 0.3 is 0 Å². The summed E-state index contributed by atoms with van der Waals surface area (Å²) in [4.78, 5) is 12.5. The molecule has 0 unspecified atom stereocenters. The van der Waals surface area contributed by atoms with E-state index in [4.69, 9.17) is 0 Å². The van der Waals surface area contributed by atoms with Crippen LogP contribution >= 0.6 is 0 Å². The molecular formula is C17H15FO. The van der Waals surface area contributed by atoms with Crippen LogP contribution in [0.3, 0.4) is 0 Å². The smallest absolute Gasteiger partial charge is 0.166 e. The monoisotopic (exact) mass is 254 g/mol. The van der Waals surface area contributed by atoms with Gasteiger partial charge < -0.3 is 0 Å². The van der Waals surface area contributed by atoms with Crippen LogP contribution in [0.15, 0.2) is 42.5 Å². The number of carbonyl (C=O) groups excluding carboxylic acids is 1. The number of hydrogen-bond donors (Lipinski definition) is 0. The van der Waals surface area contributed by atoms with Crippen LogP contribution in [0.4, 0.5) is 4.39 Å². The lowest BCUT2D eigenvalue weighted by molar-refractivity contribution is 0.0923. The minimum Gasteiger partial charge on any atom is -0.294 e. The molecule has 0 saturated carbocycles. The maximum Gasteiger partial charge on any atom is 0.166 e. The number of ketones is 1. The first-order valence-corrected chi connectivity index (χ1v) is 6.52. The molecule has 0 spiro atoms. The molecule has 1 nitrogen and oxygen atoms in total. The van der Waals surface area contributed by atoms with Crippen LogP contribution in [-0.2, 0) is 12.8 Å². The Balaban J connectivity index is 1.89. The van der Waals surface area contributed by atoms with Crippen LogP contribution in [-0.4, -0.2) is 5.78 Å². The number of carbonyl (C=O) groups is 1. The summed E-state index contributed by atoms with van der Waals surface area (Å²) in [7, 11) is 0. The molecule has 0 radical (unpaired) electrons. The highest BCUT2D eigenvalue weighted by atomic mass is 19.1. The highest BCUT2D eigenvalue weighted by molar-refractivity contribution is 5.99. The molecule has 96 valence electrons. The third-order valence-electron chi connectivity index (χ3n) is 3.89. The average molecular weight is 254 g/mol. The molecular weight excluding hydrogens is 239 g/mol. The van der Waals surface area contributed by atoms with Gasteiger partial charge in [-0.2, -0.15) is 0 Å². The zero-order valence-corrected chi connectivity index (χ0v) is 10.8. The van der Waals surface area contributed by atoms with Crippen molar-refractivity contribution in [3.8, 4) is 0 Å². The van der Waals surface area contributed by atoms with E-state index in [0.29, 0.717) is 5.56 Å². The van der Waals surface area contributed by atoms with Gasteiger partial charge in [-0.1, -0.05) is 30.3 Å². The summed E-state index contributed by atoms with van der Waals surface area (Å²) in [6, 6.07) is 12.6. The second-order valence-electron chi connectivity index (χ2n) is 5.20. The summed E-state index contributed by atoms with van der Waals surface area (Å²) in [5, 5.41) is 0. The summed E-state index contributed by atoms with van der Waals surface area (Å²) in [5.41, 5.74) is 3.87. The average Bonchev–Trinajstić information content (AvgIpc) is 2.84. The molecule has 1 aliphatic carbocycles. The van der Waals surface area contributed by atoms with E-state index < -0.39 is 0 Å².